The summed E-state index contributed by atoms with van der Waals surface area (Å²) >= 11 is 0. The number of nitrogen functional groups attached to an aromatic ring is 1. The van der Waals surface area contributed by atoms with Gasteiger partial charge in [-0.15, -0.1) is 0 Å². The van der Waals surface area contributed by atoms with E-state index in [1.165, 1.54) is 12.8 Å². The van der Waals surface area contributed by atoms with E-state index in [2.05, 4.69) is 36.3 Å². The van der Waals surface area contributed by atoms with Crippen LogP contribution in [0.5, 0.6) is 0 Å². The van der Waals surface area contributed by atoms with Crippen molar-refractivity contribution in [2.24, 2.45) is 0 Å². The van der Waals surface area contributed by atoms with Crippen molar-refractivity contribution in [3.05, 3.63) is 24.0 Å². The highest BCUT2D eigenvalue weighted by atomic mass is 15.3. The molecule has 0 atom stereocenters. The summed E-state index contributed by atoms with van der Waals surface area (Å²) in [5, 5.41) is 0. The third-order valence-corrected chi connectivity index (χ3v) is 3.53. The zero-order valence-corrected chi connectivity index (χ0v) is 11.7. The van der Waals surface area contributed by atoms with Crippen LogP contribution in [0.25, 0.3) is 0 Å². The molecule has 0 aliphatic carbocycles. The summed E-state index contributed by atoms with van der Waals surface area (Å²) in [5.74, 6) is 2.61. The first-order chi connectivity index (χ1) is 9.76. The number of aryl methyl sites for hydroxylation is 1. The normalized spacial score (nSPS) is 14.9. The summed E-state index contributed by atoms with van der Waals surface area (Å²) in [5.41, 5.74) is 5.81. The molecule has 3 heterocycles. The SMILES string of the molecule is CCn1ccnc1Cc1nc(N)nc(N2CCCC2)n1. The molecule has 1 fully saturated rings. The van der Waals surface area contributed by atoms with Gasteiger partial charge in [0, 0.05) is 32.0 Å². The molecule has 20 heavy (non-hydrogen) atoms. The van der Waals surface area contributed by atoms with Crippen LogP contribution in [0.3, 0.4) is 0 Å². The van der Waals surface area contributed by atoms with E-state index >= 15 is 0 Å². The number of nitrogens with two attached hydrogens (primary N) is 1. The van der Waals surface area contributed by atoms with Crippen LogP contribution in [-0.2, 0) is 13.0 Å². The average Bonchev–Trinajstić information content (AvgIpc) is 3.08. The summed E-state index contributed by atoms with van der Waals surface area (Å²) in [6.45, 7) is 4.95. The van der Waals surface area contributed by atoms with Gasteiger partial charge in [0.25, 0.3) is 0 Å². The highest BCUT2D eigenvalue weighted by Gasteiger charge is 2.17. The summed E-state index contributed by atoms with van der Waals surface area (Å²) < 4.78 is 2.08. The molecule has 0 radical (unpaired) electrons. The van der Waals surface area contributed by atoms with Crippen LogP contribution in [0.2, 0.25) is 0 Å². The van der Waals surface area contributed by atoms with E-state index in [1.807, 2.05) is 6.20 Å². The molecule has 3 rings (SSSR count). The lowest BCUT2D eigenvalue weighted by atomic mass is 10.3. The van der Waals surface area contributed by atoms with Gasteiger partial charge in [-0.05, 0) is 19.8 Å². The third kappa shape index (κ3) is 2.56. The molecule has 0 unspecified atom stereocenters. The maximum atomic E-state index is 5.81. The van der Waals surface area contributed by atoms with Gasteiger partial charge in [0.15, 0.2) is 0 Å². The van der Waals surface area contributed by atoms with E-state index in [0.717, 1.165) is 25.5 Å². The van der Waals surface area contributed by atoms with Gasteiger partial charge in [0.2, 0.25) is 11.9 Å². The molecule has 1 saturated heterocycles. The van der Waals surface area contributed by atoms with Crippen LogP contribution >= 0.6 is 0 Å². The molecule has 7 nitrogen and oxygen atoms in total. The van der Waals surface area contributed by atoms with Crippen LogP contribution < -0.4 is 10.6 Å². The number of rotatable bonds is 4. The number of hydrogen-bond donors (Lipinski definition) is 1. The van der Waals surface area contributed by atoms with E-state index in [0.29, 0.717) is 18.2 Å². The Kier molecular flexibility index (Phi) is 3.49. The van der Waals surface area contributed by atoms with Gasteiger partial charge in [-0.3, -0.25) is 0 Å². The van der Waals surface area contributed by atoms with E-state index in [-0.39, 0.29) is 5.95 Å². The van der Waals surface area contributed by atoms with Crippen molar-refractivity contribution >= 4 is 11.9 Å². The van der Waals surface area contributed by atoms with E-state index < -0.39 is 0 Å². The first kappa shape index (κ1) is 12.8. The van der Waals surface area contributed by atoms with Crippen LogP contribution in [0.4, 0.5) is 11.9 Å². The third-order valence-electron chi connectivity index (χ3n) is 3.53. The van der Waals surface area contributed by atoms with E-state index in [1.54, 1.807) is 6.20 Å². The largest absolute Gasteiger partial charge is 0.368 e. The minimum atomic E-state index is 0.284. The molecular formula is C13H19N7. The molecule has 0 bridgehead atoms. The first-order valence-electron chi connectivity index (χ1n) is 7.01. The van der Waals surface area contributed by atoms with E-state index in [9.17, 15) is 0 Å². The average molecular weight is 273 g/mol. The lowest BCUT2D eigenvalue weighted by molar-refractivity contribution is 0.700. The van der Waals surface area contributed by atoms with Crippen LogP contribution in [0.1, 0.15) is 31.4 Å². The Hall–Kier alpha value is -2.18. The lowest BCUT2D eigenvalue weighted by Gasteiger charge is -2.15. The lowest BCUT2D eigenvalue weighted by Crippen LogP contribution is -2.22. The Morgan fingerprint density at radius 1 is 1.20 bits per heavy atom. The predicted molar refractivity (Wildman–Crippen MR) is 76.4 cm³/mol. The highest BCUT2D eigenvalue weighted by molar-refractivity contribution is 5.36. The molecule has 0 spiro atoms. The highest BCUT2D eigenvalue weighted by Crippen LogP contribution is 2.17. The van der Waals surface area contributed by atoms with Crippen LogP contribution in [-0.4, -0.2) is 37.6 Å². The van der Waals surface area contributed by atoms with Gasteiger partial charge in [-0.1, -0.05) is 0 Å². The van der Waals surface area contributed by atoms with Crippen LogP contribution in [0.15, 0.2) is 12.4 Å². The minimum Gasteiger partial charge on any atom is -0.368 e. The Bertz CT molecular complexity index is 586. The molecular weight excluding hydrogens is 254 g/mol. The van der Waals surface area contributed by atoms with Gasteiger partial charge in [0.1, 0.15) is 11.6 Å². The van der Waals surface area contributed by atoms with Crippen molar-refractivity contribution in [2.45, 2.75) is 32.7 Å². The molecule has 2 aromatic rings. The van der Waals surface area contributed by atoms with Crippen molar-refractivity contribution in [1.29, 1.82) is 0 Å². The predicted octanol–water partition coefficient (Wildman–Crippen LogP) is 0.861. The molecule has 0 saturated carbocycles. The Morgan fingerprint density at radius 3 is 2.75 bits per heavy atom. The Morgan fingerprint density at radius 2 is 2.00 bits per heavy atom. The molecule has 0 aromatic carbocycles. The number of anilines is 2. The van der Waals surface area contributed by atoms with Gasteiger partial charge in [0.05, 0.1) is 6.42 Å². The van der Waals surface area contributed by atoms with Crippen molar-refractivity contribution in [2.75, 3.05) is 23.7 Å². The fourth-order valence-electron chi connectivity index (χ4n) is 2.50. The van der Waals surface area contributed by atoms with Crippen LogP contribution in [0, 0.1) is 0 Å². The monoisotopic (exact) mass is 273 g/mol. The summed E-state index contributed by atoms with van der Waals surface area (Å²) in [6, 6.07) is 0. The zero-order valence-electron chi connectivity index (χ0n) is 11.7. The van der Waals surface area contributed by atoms with Gasteiger partial charge in [-0.2, -0.15) is 15.0 Å². The maximum Gasteiger partial charge on any atom is 0.230 e. The second-order valence-corrected chi connectivity index (χ2v) is 4.91. The van der Waals surface area contributed by atoms with Crippen molar-refractivity contribution < 1.29 is 0 Å². The molecule has 2 aromatic heterocycles. The molecule has 0 amide bonds. The maximum absolute atomic E-state index is 5.81. The molecule has 1 aliphatic rings. The summed E-state index contributed by atoms with van der Waals surface area (Å²) in [7, 11) is 0. The molecule has 106 valence electrons. The number of hydrogen-bond acceptors (Lipinski definition) is 6. The summed E-state index contributed by atoms with van der Waals surface area (Å²) in [6.07, 6.45) is 6.70. The van der Waals surface area contributed by atoms with Crippen molar-refractivity contribution in [1.82, 2.24) is 24.5 Å². The second-order valence-electron chi connectivity index (χ2n) is 4.91. The minimum absolute atomic E-state index is 0.284. The topological polar surface area (TPSA) is 85.8 Å². The number of nitrogens with zero attached hydrogens (tertiary/aromatic N) is 6. The molecule has 1 aliphatic heterocycles. The molecule has 2 N–H and O–H groups in total. The second kappa shape index (κ2) is 5.44. The fourth-order valence-corrected chi connectivity index (χ4v) is 2.50. The fraction of sp³-hybridized carbons (Fsp3) is 0.538. The van der Waals surface area contributed by atoms with Crippen molar-refractivity contribution in [3.8, 4) is 0 Å². The van der Waals surface area contributed by atoms with Crippen molar-refractivity contribution in [3.63, 3.8) is 0 Å². The smallest absolute Gasteiger partial charge is 0.230 e. The molecule has 7 heteroatoms. The number of aromatic nitrogens is 5. The van der Waals surface area contributed by atoms with Gasteiger partial charge in [-0.25, -0.2) is 4.98 Å². The number of imidazole rings is 1. The van der Waals surface area contributed by atoms with E-state index in [4.69, 9.17) is 5.73 Å². The zero-order chi connectivity index (χ0) is 13.9. The first-order valence-corrected chi connectivity index (χ1v) is 7.01. The summed E-state index contributed by atoms with van der Waals surface area (Å²) in [4.78, 5) is 19.5. The Labute approximate surface area is 117 Å². The van der Waals surface area contributed by atoms with Gasteiger partial charge < -0.3 is 15.2 Å². The van der Waals surface area contributed by atoms with Gasteiger partial charge >= 0.3 is 0 Å². The quantitative estimate of drug-likeness (QED) is 0.889. The Balaban J connectivity index is 1.85. The standard InChI is InChI=1S/C13H19N7/c1-2-19-8-5-15-11(19)9-10-16-12(14)18-13(17-10)20-6-3-4-7-20/h5,8H,2-4,6-7,9H2,1H3,(H2,14,16,17,18).